The lowest BCUT2D eigenvalue weighted by atomic mass is 9.86. The van der Waals surface area contributed by atoms with Crippen LogP contribution < -0.4 is 9.64 Å². The number of aromatic nitrogens is 1. The molecular weight excluding hydrogens is 380 g/mol. The summed E-state index contributed by atoms with van der Waals surface area (Å²) in [5.74, 6) is 0.750. The number of rotatable bonds is 6. The van der Waals surface area contributed by atoms with Crippen LogP contribution in [0.15, 0.2) is 36.5 Å². The average Bonchev–Trinajstić information content (AvgIpc) is 3.23. The minimum absolute atomic E-state index is 0.167. The molecule has 6 nitrogen and oxygen atoms in total. The molecule has 0 spiro atoms. The van der Waals surface area contributed by atoms with Crippen molar-refractivity contribution >= 4 is 17.5 Å². The molecule has 1 aromatic carbocycles. The summed E-state index contributed by atoms with van der Waals surface area (Å²) in [4.78, 5) is 30.7. The number of fused-ring (bicyclic) bond motifs is 1. The van der Waals surface area contributed by atoms with Gasteiger partial charge in [-0.3, -0.25) is 9.59 Å². The minimum atomic E-state index is -0.635. The predicted molar refractivity (Wildman–Crippen MR) is 113 cm³/mol. The lowest BCUT2D eigenvalue weighted by Gasteiger charge is -2.27. The average molecular weight is 408 g/mol. The van der Waals surface area contributed by atoms with Crippen LogP contribution >= 0.6 is 0 Å². The van der Waals surface area contributed by atoms with Gasteiger partial charge in [0.1, 0.15) is 5.75 Å². The van der Waals surface area contributed by atoms with Gasteiger partial charge in [0.05, 0.1) is 29.5 Å². The standard InChI is InChI=1S/C24H28N2O4/c1-5-23(4)13-21(27)26(22(23)28)17-9-11-20(25-14-17)30-18-10-8-16-15-29-24(6-2,7-3)19(16)12-18/h8-12,14H,5-7,13,15H2,1-4H3/t23-/m0/s1. The van der Waals surface area contributed by atoms with Crippen LogP contribution in [-0.4, -0.2) is 16.8 Å². The van der Waals surface area contributed by atoms with E-state index in [9.17, 15) is 9.59 Å². The Kier molecular flexibility index (Phi) is 5.14. The van der Waals surface area contributed by atoms with Gasteiger partial charge in [0.2, 0.25) is 17.7 Å². The maximum Gasteiger partial charge on any atom is 0.240 e. The number of hydrogen-bond acceptors (Lipinski definition) is 5. The number of pyridine rings is 1. The van der Waals surface area contributed by atoms with Gasteiger partial charge in [-0.05, 0) is 48.6 Å². The lowest BCUT2D eigenvalue weighted by molar-refractivity contribution is -0.125. The van der Waals surface area contributed by atoms with Crippen LogP contribution in [0, 0.1) is 5.41 Å². The summed E-state index contributed by atoms with van der Waals surface area (Å²) in [6.45, 7) is 8.66. The van der Waals surface area contributed by atoms with E-state index in [1.165, 1.54) is 22.2 Å². The van der Waals surface area contributed by atoms with Crippen LogP contribution in [0.1, 0.15) is 64.5 Å². The molecule has 2 aliphatic rings. The lowest BCUT2D eigenvalue weighted by Crippen LogP contribution is -2.34. The second kappa shape index (κ2) is 7.51. The quantitative estimate of drug-likeness (QED) is 0.622. The Bertz CT molecular complexity index is 981. The molecule has 0 bridgehead atoms. The van der Waals surface area contributed by atoms with Crippen LogP contribution in [0.25, 0.3) is 0 Å². The zero-order valence-electron chi connectivity index (χ0n) is 18.0. The first-order valence-corrected chi connectivity index (χ1v) is 10.6. The van der Waals surface area contributed by atoms with Gasteiger partial charge in [0.15, 0.2) is 0 Å². The fourth-order valence-corrected chi connectivity index (χ4v) is 4.39. The molecule has 2 aromatic rings. The number of anilines is 1. The fourth-order valence-electron chi connectivity index (χ4n) is 4.39. The monoisotopic (exact) mass is 408 g/mol. The first-order valence-electron chi connectivity index (χ1n) is 10.6. The molecule has 1 aromatic heterocycles. The van der Waals surface area contributed by atoms with Gasteiger partial charge in [-0.25, -0.2) is 9.88 Å². The summed E-state index contributed by atoms with van der Waals surface area (Å²) >= 11 is 0. The van der Waals surface area contributed by atoms with E-state index in [-0.39, 0.29) is 23.8 Å². The van der Waals surface area contributed by atoms with E-state index in [4.69, 9.17) is 9.47 Å². The van der Waals surface area contributed by atoms with Crippen LogP contribution in [-0.2, 0) is 26.5 Å². The third-order valence-electron chi connectivity index (χ3n) is 6.71. The number of benzene rings is 1. The molecule has 0 N–H and O–H groups in total. The van der Waals surface area contributed by atoms with Gasteiger partial charge in [-0.15, -0.1) is 0 Å². The summed E-state index contributed by atoms with van der Waals surface area (Å²) in [6.07, 6.45) is 4.18. The molecule has 0 aliphatic carbocycles. The van der Waals surface area contributed by atoms with Crippen molar-refractivity contribution in [2.75, 3.05) is 4.90 Å². The van der Waals surface area contributed by atoms with E-state index in [0.29, 0.717) is 30.3 Å². The predicted octanol–water partition coefficient (Wildman–Crippen LogP) is 5.10. The summed E-state index contributed by atoms with van der Waals surface area (Å²) in [5, 5.41) is 0. The van der Waals surface area contributed by atoms with E-state index in [2.05, 4.69) is 18.8 Å². The van der Waals surface area contributed by atoms with Crippen molar-refractivity contribution in [3.05, 3.63) is 47.7 Å². The highest BCUT2D eigenvalue weighted by molar-refractivity contribution is 6.22. The highest BCUT2D eigenvalue weighted by Gasteiger charge is 2.47. The van der Waals surface area contributed by atoms with Crippen LogP contribution in [0.5, 0.6) is 11.6 Å². The van der Waals surface area contributed by atoms with Crippen molar-refractivity contribution < 1.29 is 19.1 Å². The first kappa shape index (κ1) is 20.5. The Balaban J connectivity index is 1.54. The molecule has 158 valence electrons. The molecule has 4 rings (SSSR count). The molecule has 1 atom stereocenters. The van der Waals surface area contributed by atoms with Gasteiger partial charge < -0.3 is 9.47 Å². The number of imide groups is 1. The molecule has 0 radical (unpaired) electrons. The van der Waals surface area contributed by atoms with Gasteiger partial charge >= 0.3 is 0 Å². The smallest absolute Gasteiger partial charge is 0.240 e. The van der Waals surface area contributed by atoms with Gasteiger partial charge in [0.25, 0.3) is 0 Å². The van der Waals surface area contributed by atoms with Crippen molar-refractivity contribution in [2.45, 2.75) is 65.6 Å². The highest BCUT2D eigenvalue weighted by atomic mass is 16.5. The fraction of sp³-hybridized carbons (Fsp3) is 0.458. The molecule has 2 aliphatic heterocycles. The van der Waals surface area contributed by atoms with Crippen LogP contribution in [0.4, 0.5) is 5.69 Å². The second-order valence-electron chi connectivity index (χ2n) is 8.39. The van der Waals surface area contributed by atoms with Crippen molar-refractivity contribution in [3.8, 4) is 11.6 Å². The molecule has 2 amide bonds. The van der Waals surface area contributed by atoms with E-state index in [1.807, 2.05) is 32.0 Å². The Morgan fingerprint density at radius 1 is 1.10 bits per heavy atom. The molecule has 0 saturated carbocycles. The van der Waals surface area contributed by atoms with E-state index >= 15 is 0 Å². The molecule has 6 heteroatoms. The minimum Gasteiger partial charge on any atom is -0.439 e. The highest BCUT2D eigenvalue weighted by Crippen LogP contribution is 2.43. The molecule has 3 heterocycles. The molecule has 1 saturated heterocycles. The normalized spacial score (nSPS) is 22.5. The number of hydrogen-bond donors (Lipinski definition) is 0. The Hall–Kier alpha value is -2.73. The molecular formula is C24H28N2O4. The number of carbonyl (C=O) groups excluding carboxylic acids is 2. The SMILES string of the molecule is CCC1(CC)OCc2ccc(Oc3ccc(N4C(=O)C[C@](C)(CC)C4=O)cn3)cc21. The number of nitrogens with zero attached hydrogens (tertiary/aromatic N) is 2. The summed E-state index contributed by atoms with van der Waals surface area (Å²) < 4.78 is 12.1. The third-order valence-corrected chi connectivity index (χ3v) is 6.71. The Morgan fingerprint density at radius 3 is 2.47 bits per heavy atom. The molecule has 30 heavy (non-hydrogen) atoms. The zero-order chi connectivity index (χ0) is 21.5. The van der Waals surface area contributed by atoms with Crippen molar-refractivity contribution in [3.63, 3.8) is 0 Å². The summed E-state index contributed by atoms with van der Waals surface area (Å²) in [5.41, 5.74) is 1.96. The van der Waals surface area contributed by atoms with E-state index < -0.39 is 5.41 Å². The first-order chi connectivity index (χ1) is 14.4. The third kappa shape index (κ3) is 3.19. The van der Waals surface area contributed by atoms with Gasteiger partial charge in [-0.2, -0.15) is 0 Å². The number of carbonyl (C=O) groups is 2. The maximum atomic E-state index is 12.7. The van der Waals surface area contributed by atoms with Crippen molar-refractivity contribution in [1.29, 1.82) is 0 Å². The Morgan fingerprint density at radius 2 is 1.87 bits per heavy atom. The maximum absolute atomic E-state index is 12.7. The molecule has 0 unspecified atom stereocenters. The van der Waals surface area contributed by atoms with Gasteiger partial charge in [0, 0.05) is 12.5 Å². The van der Waals surface area contributed by atoms with Crippen LogP contribution in [0.3, 0.4) is 0 Å². The zero-order valence-corrected chi connectivity index (χ0v) is 18.0. The largest absolute Gasteiger partial charge is 0.439 e. The number of ether oxygens (including phenoxy) is 2. The Labute approximate surface area is 177 Å². The summed E-state index contributed by atoms with van der Waals surface area (Å²) in [6, 6.07) is 9.39. The van der Waals surface area contributed by atoms with Crippen LogP contribution in [0.2, 0.25) is 0 Å². The van der Waals surface area contributed by atoms with E-state index in [0.717, 1.165) is 12.8 Å². The summed E-state index contributed by atoms with van der Waals surface area (Å²) in [7, 11) is 0. The second-order valence-corrected chi connectivity index (χ2v) is 8.39. The molecule has 1 fully saturated rings. The van der Waals surface area contributed by atoms with Crippen molar-refractivity contribution in [2.24, 2.45) is 5.41 Å². The topological polar surface area (TPSA) is 68.7 Å². The van der Waals surface area contributed by atoms with Crippen molar-refractivity contribution in [1.82, 2.24) is 4.98 Å². The van der Waals surface area contributed by atoms with E-state index in [1.54, 1.807) is 12.1 Å². The van der Waals surface area contributed by atoms with Gasteiger partial charge in [-0.1, -0.05) is 33.8 Å². The number of amides is 2.